The van der Waals surface area contributed by atoms with Crippen LogP contribution in [-0.2, 0) is 0 Å². The van der Waals surface area contributed by atoms with Gasteiger partial charge in [-0.1, -0.05) is 42.5 Å². The van der Waals surface area contributed by atoms with E-state index in [1.165, 1.54) is 0 Å². The maximum Gasteiger partial charge on any atom is 0.267 e. The first-order valence-electron chi connectivity index (χ1n) is 4.91. The van der Waals surface area contributed by atoms with Gasteiger partial charge in [0.2, 0.25) is 0 Å². The molecule has 74 valence electrons. The van der Waals surface area contributed by atoms with Crippen LogP contribution < -0.4 is 9.47 Å². The van der Waals surface area contributed by atoms with Gasteiger partial charge >= 0.3 is 0 Å². The van der Waals surface area contributed by atoms with Gasteiger partial charge < -0.3 is 9.47 Å². The molecular formula is C13H10O2. The summed E-state index contributed by atoms with van der Waals surface area (Å²) in [4.78, 5) is 0. The lowest BCUT2D eigenvalue weighted by Gasteiger charge is -2.09. The van der Waals surface area contributed by atoms with E-state index in [0.29, 0.717) is 0 Å². The Morgan fingerprint density at radius 3 is 1.80 bits per heavy atom. The van der Waals surface area contributed by atoms with Crippen LogP contribution in [0.25, 0.3) is 0 Å². The Morgan fingerprint density at radius 1 is 0.667 bits per heavy atom. The first-order valence-corrected chi connectivity index (χ1v) is 4.91. The molecule has 2 aromatic rings. The summed E-state index contributed by atoms with van der Waals surface area (Å²) < 4.78 is 11.3. The van der Waals surface area contributed by atoms with Crippen LogP contribution >= 0.6 is 0 Å². The van der Waals surface area contributed by atoms with Crippen molar-refractivity contribution in [1.82, 2.24) is 0 Å². The predicted molar refractivity (Wildman–Crippen MR) is 56.9 cm³/mol. The fourth-order valence-electron chi connectivity index (χ4n) is 1.65. The summed E-state index contributed by atoms with van der Waals surface area (Å²) in [5, 5.41) is 0. The Balaban J connectivity index is 1.91. The first kappa shape index (κ1) is 8.36. The van der Waals surface area contributed by atoms with Gasteiger partial charge in [-0.25, -0.2) is 0 Å². The maximum atomic E-state index is 5.67. The summed E-state index contributed by atoms with van der Waals surface area (Å²) in [6, 6.07) is 17.6. The summed E-state index contributed by atoms with van der Waals surface area (Å²) in [7, 11) is 0. The van der Waals surface area contributed by atoms with Crippen LogP contribution in [-0.4, -0.2) is 0 Å². The Morgan fingerprint density at radius 2 is 1.20 bits per heavy atom. The third kappa shape index (κ3) is 1.44. The number of benzene rings is 2. The molecule has 15 heavy (non-hydrogen) atoms. The Bertz CT molecular complexity index is 440. The zero-order valence-corrected chi connectivity index (χ0v) is 8.09. The van der Waals surface area contributed by atoms with E-state index in [-0.39, 0.29) is 6.29 Å². The van der Waals surface area contributed by atoms with Gasteiger partial charge in [-0.2, -0.15) is 0 Å². The van der Waals surface area contributed by atoms with Gasteiger partial charge in [0.15, 0.2) is 11.5 Å². The minimum Gasteiger partial charge on any atom is -0.447 e. The van der Waals surface area contributed by atoms with Gasteiger partial charge in [0.1, 0.15) is 0 Å². The van der Waals surface area contributed by atoms with Crippen molar-refractivity contribution in [3.05, 3.63) is 60.2 Å². The lowest BCUT2D eigenvalue weighted by molar-refractivity contribution is 0.0487. The monoisotopic (exact) mass is 198 g/mol. The summed E-state index contributed by atoms with van der Waals surface area (Å²) in [5.41, 5.74) is 1.04. The molecule has 0 fully saturated rings. The van der Waals surface area contributed by atoms with E-state index in [1.54, 1.807) is 0 Å². The molecule has 1 heterocycles. The fraction of sp³-hybridized carbons (Fsp3) is 0.0769. The van der Waals surface area contributed by atoms with Gasteiger partial charge in [-0.05, 0) is 12.1 Å². The normalized spacial score (nSPS) is 14.1. The molecule has 0 radical (unpaired) electrons. The summed E-state index contributed by atoms with van der Waals surface area (Å²) in [6.45, 7) is 0. The number of rotatable bonds is 1. The third-order valence-electron chi connectivity index (χ3n) is 2.39. The van der Waals surface area contributed by atoms with Gasteiger partial charge in [-0.3, -0.25) is 0 Å². The minimum atomic E-state index is -0.302. The number of para-hydroxylation sites is 2. The second-order valence-electron chi connectivity index (χ2n) is 3.43. The van der Waals surface area contributed by atoms with Crippen molar-refractivity contribution in [3.8, 4) is 11.5 Å². The fourth-order valence-corrected chi connectivity index (χ4v) is 1.65. The van der Waals surface area contributed by atoms with Crippen LogP contribution in [0.2, 0.25) is 0 Å². The van der Waals surface area contributed by atoms with E-state index < -0.39 is 0 Å². The molecule has 0 bridgehead atoms. The predicted octanol–water partition coefficient (Wildman–Crippen LogP) is 3.16. The Hall–Kier alpha value is -1.96. The summed E-state index contributed by atoms with van der Waals surface area (Å²) >= 11 is 0. The zero-order chi connectivity index (χ0) is 10.1. The van der Waals surface area contributed by atoms with Gasteiger partial charge in [0.05, 0.1) is 0 Å². The van der Waals surface area contributed by atoms with Crippen LogP contribution in [0, 0.1) is 0 Å². The first-order chi connectivity index (χ1) is 7.43. The van der Waals surface area contributed by atoms with Crippen LogP contribution in [0.1, 0.15) is 11.9 Å². The second kappa shape index (κ2) is 3.31. The van der Waals surface area contributed by atoms with Crippen LogP contribution in [0.15, 0.2) is 54.6 Å². The van der Waals surface area contributed by atoms with Crippen LogP contribution in [0.5, 0.6) is 11.5 Å². The standard InChI is InChI=1S/C13H10O2/c1-2-6-10(7-3-1)13-14-11-8-4-5-9-12(11)15-13/h1-9,13H. The van der Waals surface area contributed by atoms with E-state index in [4.69, 9.17) is 9.47 Å². The molecule has 1 aliphatic rings. The highest BCUT2D eigenvalue weighted by Gasteiger charge is 2.24. The van der Waals surface area contributed by atoms with Gasteiger partial charge in [0, 0.05) is 5.56 Å². The summed E-state index contributed by atoms with van der Waals surface area (Å²) in [6.07, 6.45) is -0.302. The van der Waals surface area contributed by atoms with Crippen molar-refractivity contribution >= 4 is 0 Å². The molecule has 0 atom stereocenters. The molecule has 0 unspecified atom stereocenters. The smallest absolute Gasteiger partial charge is 0.267 e. The molecule has 0 aliphatic carbocycles. The molecule has 0 aromatic heterocycles. The average molecular weight is 198 g/mol. The van der Waals surface area contributed by atoms with Crippen molar-refractivity contribution in [2.45, 2.75) is 6.29 Å². The number of ether oxygens (including phenoxy) is 2. The number of hydrogen-bond acceptors (Lipinski definition) is 2. The molecule has 1 aliphatic heterocycles. The highest BCUT2D eigenvalue weighted by molar-refractivity contribution is 5.42. The van der Waals surface area contributed by atoms with Gasteiger partial charge in [-0.15, -0.1) is 0 Å². The highest BCUT2D eigenvalue weighted by Crippen LogP contribution is 2.39. The Kier molecular flexibility index (Phi) is 1.85. The van der Waals surface area contributed by atoms with E-state index in [9.17, 15) is 0 Å². The number of fused-ring (bicyclic) bond motifs is 1. The molecule has 0 saturated carbocycles. The quantitative estimate of drug-likeness (QED) is 0.700. The molecule has 3 rings (SSSR count). The van der Waals surface area contributed by atoms with Crippen molar-refractivity contribution < 1.29 is 9.47 Å². The molecular weight excluding hydrogens is 188 g/mol. The molecule has 0 N–H and O–H groups in total. The SMILES string of the molecule is c1ccc(C2Oc3ccccc3O2)cc1. The Labute approximate surface area is 88.1 Å². The highest BCUT2D eigenvalue weighted by atomic mass is 16.7. The molecule has 0 spiro atoms. The van der Waals surface area contributed by atoms with Gasteiger partial charge in [0.25, 0.3) is 6.29 Å². The maximum absolute atomic E-state index is 5.67. The average Bonchev–Trinajstić information content (AvgIpc) is 2.74. The molecule has 2 heteroatoms. The van der Waals surface area contributed by atoms with Crippen molar-refractivity contribution in [3.63, 3.8) is 0 Å². The van der Waals surface area contributed by atoms with E-state index >= 15 is 0 Å². The number of hydrogen-bond donors (Lipinski definition) is 0. The van der Waals surface area contributed by atoms with E-state index in [1.807, 2.05) is 54.6 Å². The molecule has 2 aromatic carbocycles. The van der Waals surface area contributed by atoms with Crippen LogP contribution in [0.4, 0.5) is 0 Å². The summed E-state index contributed by atoms with van der Waals surface area (Å²) in [5.74, 6) is 1.62. The van der Waals surface area contributed by atoms with E-state index in [0.717, 1.165) is 17.1 Å². The molecule has 0 amide bonds. The molecule has 0 saturated heterocycles. The van der Waals surface area contributed by atoms with Crippen LogP contribution in [0.3, 0.4) is 0 Å². The lowest BCUT2D eigenvalue weighted by atomic mass is 10.2. The second-order valence-corrected chi connectivity index (χ2v) is 3.43. The lowest BCUT2D eigenvalue weighted by Crippen LogP contribution is -2.07. The third-order valence-corrected chi connectivity index (χ3v) is 2.39. The largest absolute Gasteiger partial charge is 0.447 e. The van der Waals surface area contributed by atoms with Crippen molar-refractivity contribution in [2.75, 3.05) is 0 Å². The zero-order valence-electron chi connectivity index (χ0n) is 8.09. The van der Waals surface area contributed by atoms with E-state index in [2.05, 4.69) is 0 Å². The molecule has 2 nitrogen and oxygen atoms in total. The van der Waals surface area contributed by atoms with Crippen molar-refractivity contribution in [1.29, 1.82) is 0 Å². The van der Waals surface area contributed by atoms with Crippen molar-refractivity contribution in [2.24, 2.45) is 0 Å². The minimum absolute atomic E-state index is 0.302. The topological polar surface area (TPSA) is 18.5 Å².